The van der Waals surface area contributed by atoms with Crippen LogP contribution < -0.4 is 15.8 Å². The lowest BCUT2D eigenvalue weighted by atomic mass is 10.0. The molecule has 0 aliphatic carbocycles. The molecule has 0 saturated carbocycles. The van der Waals surface area contributed by atoms with Gasteiger partial charge in [0.15, 0.2) is 5.96 Å². The zero-order chi connectivity index (χ0) is 20.1. The fraction of sp³-hybridized carbons (Fsp3) is 0.227. The molecule has 0 fully saturated rings. The van der Waals surface area contributed by atoms with Crippen molar-refractivity contribution in [2.75, 3.05) is 6.61 Å². The number of fused-ring (bicyclic) bond motifs is 1. The SMILES string of the molecule is CC(C)CCOc1cccc(-c2cc(C(=O)NC(=N)N)c3ccccc3n2)c1. The van der Waals surface area contributed by atoms with E-state index < -0.39 is 11.9 Å². The van der Waals surface area contributed by atoms with Gasteiger partial charge in [0.25, 0.3) is 5.91 Å². The Bertz CT molecular complexity index is 1010. The monoisotopic (exact) mass is 376 g/mol. The molecule has 28 heavy (non-hydrogen) atoms. The van der Waals surface area contributed by atoms with E-state index in [1.165, 1.54) is 0 Å². The van der Waals surface area contributed by atoms with Crippen LogP contribution in [-0.4, -0.2) is 23.5 Å². The van der Waals surface area contributed by atoms with Crippen molar-refractivity contribution in [2.24, 2.45) is 11.7 Å². The van der Waals surface area contributed by atoms with Crippen LogP contribution in [0.3, 0.4) is 0 Å². The highest BCUT2D eigenvalue weighted by atomic mass is 16.5. The molecule has 0 atom stereocenters. The number of amides is 1. The Kier molecular flexibility index (Phi) is 5.89. The number of nitrogens with zero attached hydrogens (tertiary/aromatic N) is 1. The standard InChI is InChI=1S/C22H24N4O2/c1-14(2)10-11-28-16-7-5-6-15(12-16)20-13-18(21(27)26-22(23)24)17-8-3-4-9-19(17)25-20/h3-9,12-14H,10-11H2,1-2H3,(H4,23,24,26,27). The Hall–Kier alpha value is -3.41. The predicted molar refractivity (Wildman–Crippen MR) is 112 cm³/mol. The van der Waals surface area contributed by atoms with Gasteiger partial charge in [-0.25, -0.2) is 4.98 Å². The summed E-state index contributed by atoms with van der Waals surface area (Å²) < 4.78 is 5.85. The van der Waals surface area contributed by atoms with Crippen molar-refractivity contribution in [3.63, 3.8) is 0 Å². The van der Waals surface area contributed by atoms with Crippen LogP contribution in [0.4, 0.5) is 0 Å². The third-order valence-corrected chi connectivity index (χ3v) is 4.30. The highest BCUT2D eigenvalue weighted by Gasteiger charge is 2.14. The lowest BCUT2D eigenvalue weighted by Gasteiger charge is -2.12. The van der Waals surface area contributed by atoms with Crippen molar-refractivity contribution < 1.29 is 9.53 Å². The molecule has 0 unspecified atom stereocenters. The van der Waals surface area contributed by atoms with Crippen LogP contribution >= 0.6 is 0 Å². The van der Waals surface area contributed by atoms with Gasteiger partial charge in [0.1, 0.15) is 5.75 Å². The molecule has 3 rings (SSSR count). The fourth-order valence-corrected chi connectivity index (χ4v) is 2.86. The quantitative estimate of drug-likeness (QED) is 0.448. The normalized spacial score (nSPS) is 10.8. The van der Waals surface area contributed by atoms with E-state index >= 15 is 0 Å². The lowest BCUT2D eigenvalue weighted by Crippen LogP contribution is -2.35. The number of nitrogens with one attached hydrogen (secondary N) is 2. The molecule has 6 heteroatoms. The van der Waals surface area contributed by atoms with Gasteiger partial charge in [-0.1, -0.05) is 44.2 Å². The number of guanidine groups is 1. The highest BCUT2D eigenvalue weighted by Crippen LogP contribution is 2.27. The first kappa shape index (κ1) is 19.4. The van der Waals surface area contributed by atoms with Crippen molar-refractivity contribution in [3.8, 4) is 17.0 Å². The van der Waals surface area contributed by atoms with Gasteiger partial charge in [-0.2, -0.15) is 0 Å². The molecule has 1 heterocycles. The smallest absolute Gasteiger partial charge is 0.258 e. The first-order valence-electron chi connectivity index (χ1n) is 9.22. The molecule has 144 valence electrons. The number of pyridine rings is 1. The molecule has 0 saturated heterocycles. The van der Waals surface area contributed by atoms with E-state index in [-0.39, 0.29) is 0 Å². The summed E-state index contributed by atoms with van der Waals surface area (Å²) in [7, 11) is 0. The van der Waals surface area contributed by atoms with E-state index in [9.17, 15) is 4.79 Å². The van der Waals surface area contributed by atoms with Crippen LogP contribution in [-0.2, 0) is 0 Å². The zero-order valence-electron chi connectivity index (χ0n) is 16.0. The number of rotatable bonds is 6. The Morgan fingerprint density at radius 1 is 1.18 bits per heavy atom. The molecule has 0 bridgehead atoms. The van der Waals surface area contributed by atoms with Gasteiger partial charge in [0.2, 0.25) is 0 Å². The average Bonchev–Trinajstić information content (AvgIpc) is 2.66. The summed E-state index contributed by atoms with van der Waals surface area (Å²) >= 11 is 0. The van der Waals surface area contributed by atoms with Gasteiger partial charge in [0.05, 0.1) is 23.4 Å². The number of benzene rings is 2. The maximum atomic E-state index is 12.5. The van der Waals surface area contributed by atoms with Crippen molar-refractivity contribution in [2.45, 2.75) is 20.3 Å². The second-order valence-electron chi connectivity index (χ2n) is 7.00. The van der Waals surface area contributed by atoms with Gasteiger partial charge in [-0.3, -0.25) is 15.5 Å². The molecule has 1 aromatic heterocycles. The summed E-state index contributed by atoms with van der Waals surface area (Å²) in [6.07, 6.45) is 0.980. The Labute approximate surface area is 164 Å². The molecule has 0 aliphatic heterocycles. The molecule has 6 nitrogen and oxygen atoms in total. The number of ether oxygens (including phenoxy) is 1. The van der Waals surface area contributed by atoms with Crippen LogP contribution in [0.1, 0.15) is 30.6 Å². The fourth-order valence-electron chi connectivity index (χ4n) is 2.86. The molecule has 4 N–H and O–H groups in total. The molecule has 0 spiro atoms. The minimum Gasteiger partial charge on any atom is -0.494 e. The molecular weight excluding hydrogens is 352 g/mol. The van der Waals surface area contributed by atoms with Crippen molar-refractivity contribution in [1.82, 2.24) is 10.3 Å². The van der Waals surface area contributed by atoms with Crippen LogP contribution in [0.15, 0.2) is 54.6 Å². The van der Waals surface area contributed by atoms with Gasteiger partial charge in [0, 0.05) is 10.9 Å². The van der Waals surface area contributed by atoms with E-state index in [0.717, 1.165) is 17.7 Å². The second kappa shape index (κ2) is 8.52. The van der Waals surface area contributed by atoms with E-state index in [2.05, 4.69) is 19.2 Å². The maximum Gasteiger partial charge on any atom is 0.258 e. The van der Waals surface area contributed by atoms with E-state index in [0.29, 0.717) is 34.7 Å². The zero-order valence-corrected chi connectivity index (χ0v) is 16.0. The van der Waals surface area contributed by atoms with Crippen LogP contribution in [0.25, 0.3) is 22.2 Å². The van der Waals surface area contributed by atoms with Gasteiger partial charge in [-0.05, 0) is 36.6 Å². The minimum atomic E-state index is -0.434. The van der Waals surface area contributed by atoms with Crippen LogP contribution in [0.2, 0.25) is 0 Å². The van der Waals surface area contributed by atoms with Crippen LogP contribution in [0, 0.1) is 11.3 Å². The summed E-state index contributed by atoms with van der Waals surface area (Å²) in [6.45, 7) is 4.97. The highest BCUT2D eigenvalue weighted by molar-refractivity contribution is 6.12. The Morgan fingerprint density at radius 2 is 1.96 bits per heavy atom. The molecule has 0 radical (unpaired) electrons. The van der Waals surface area contributed by atoms with E-state index in [1.54, 1.807) is 6.07 Å². The number of para-hydroxylation sites is 1. The van der Waals surface area contributed by atoms with Gasteiger partial charge in [-0.15, -0.1) is 0 Å². The second-order valence-corrected chi connectivity index (χ2v) is 7.00. The third kappa shape index (κ3) is 4.65. The largest absolute Gasteiger partial charge is 0.494 e. The number of carbonyl (C=O) groups is 1. The van der Waals surface area contributed by atoms with Crippen LogP contribution in [0.5, 0.6) is 5.75 Å². The maximum absolute atomic E-state index is 12.5. The first-order valence-corrected chi connectivity index (χ1v) is 9.22. The lowest BCUT2D eigenvalue weighted by molar-refractivity contribution is 0.0978. The Morgan fingerprint density at radius 3 is 2.71 bits per heavy atom. The van der Waals surface area contributed by atoms with Gasteiger partial charge < -0.3 is 10.5 Å². The summed E-state index contributed by atoms with van der Waals surface area (Å²) in [4.78, 5) is 17.2. The molecule has 2 aromatic carbocycles. The summed E-state index contributed by atoms with van der Waals surface area (Å²) in [5.41, 5.74) is 7.95. The van der Waals surface area contributed by atoms with E-state index in [4.69, 9.17) is 20.9 Å². The molecule has 3 aromatic rings. The van der Waals surface area contributed by atoms with Crippen molar-refractivity contribution >= 4 is 22.8 Å². The third-order valence-electron chi connectivity index (χ3n) is 4.30. The predicted octanol–water partition coefficient (Wildman–Crippen LogP) is 3.95. The number of hydrogen-bond donors (Lipinski definition) is 3. The summed E-state index contributed by atoms with van der Waals surface area (Å²) in [5, 5.41) is 10.4. The Balaban J connectivity index is 1.99. The van der Waals surface area contributed by atoms with Crippen molar-refractivity contribution in [3.05, 3.63) is 60.2 Å². The summed E-state index contributed by atoms with van der Waals surface area (Å²) in [6, 6.07) is 16.8. The average molecular weight is 376 g/mol. The van der Waals surface area contributed by atoms with Gasteiger partial charge >= 0.3 is 0 Å². The summed E-state index contributed by atoms with van der Waals surface area (Å²) in [5.74, 6) is 0.514. The molecular formula is C22H24N4O2. The number of aromatic nitrogens is 1. The topological polar surface area (TPSA) is 101 Å². The molecule has 1 amide bonds. The number of hydrogen-bond acceptors (Lipinski definition) is 4. The van der Waals surface area contributed by atoms with E-state index in [1.807, 2.05) is 48.5 Å². The first-order chi connectivity index (χ1) is 13.4. The molecule has 0 aliphatic rings. The number of carbonyl (C=O) groups excluding carboxylic acids is 1. The number of nitrogens with two attached hydrogens (primary N) is 1. The van der Waals surface area contributed by atoms with Crippen molar-refractivity contribution in [1.29, 1.82) is 5.41 Å². The minimum absolute atomic E-state index is 0.395.